The van der Waals surface area contributed by atoms with Crippen LogP contribution in [-0.4, -0.2) is 11.0 Å². The summed E-state index contributed by atoms with van der Waals surface area (Å²) in [5.74, 6) is 5.74. The molecule has 0 aliphatic rings. The fourth-order valence-corrected chi connectivity index (χ4v) is 3.56. The number of hydrogen-bond donors (Lipinski definition) is 2. The van der Waals surface area contributed by atoms with Gasteiger partial charge in [0, 0.05) is 12.5 Å². The van der Waals surface area contributed by atoms with E-state index in [4.69, 9.17) is 5.84 Å². The zero-order valence-corrected chi connectivity index (χ0v) is 12.9. The quantitative estimate of drug-likeness (QED) is 0.561. The zero-order chi connectivity index (χ0) is 14.7. The molecular weight excluding hydrogens is 278 g/mol. The Morgan fingerprint density at radius 2 is 1.86 bits per heavy atom. The lowest BCUT2D eigenvalue weighted by Crippen LogP contribution is -2.38. The van der Waals surface area contributed by atoms with Gasteiger partial charge < -0.3 is 0 Å². The van der Waals surface area contributed by atoms with E-state index in [9.17, 15) is 0 Å². The molecule has 0 fully saturated rings. The number of aromatic nitrogens is 1. The van der Waals surface area contributed by atoms with E-state index in [0.29, 0.717) is 0 Å². The van der Waals surface area contributed by atoms with Gasteiger partial charge in [-0.3, -0.25) is 11.3 Å². The van der Waals surface area contributed by atoms with Gasteiger partial charge >= 0.3 is 0 Å². The molecular formula is C17H19N3S. The van der Waals surface area contributed by atoms with Gasteiger partial charge in [0.25, 0.3) is 0 Å². The predicted molar refractivity (Wildman–Crippen MR) is 89.3 cm³/mol. The van der Waals surface area contributed by atoms with Gasteiger partial charge in [-0.15, -0.1) is 11.3 Å². The number of rotatable bonds is 5. The molecule has 3 nitrogen and oxygen atoms in total. The Morgan fingerprint density at radius 1 is 1.10 bits per heavy atom. The maximum absolute atomic E-state index is 5.74. The van der Waals surface area contributed by atoms with E-state index in [1.165, 1.54) is 15.8 Å². The molecule has 0 saturated carbocycles. The SMILES string of the molecule is Cc1ccccc1CC(Cc1nc2ccccc2s1)NN. The summed E-state index contributed by atoms with van der Waals surface area (Å²) in [5, 5.41) is 1.13. The van der Waals surface area contributed by atoms with Crippen molar-refractivity contribution >= 4 is 21.6 Å². The normalized spacial score (nSPS) is 12.7. The van der Waals surface area contributed by atoms with E-state index < -0.39 is 0 Å². The van der Waals surface area contributed by atoms with Gasteiger partial charge in [0.05, 0.1) is 15.2 Å². The third-order valence-electron chi connectivity index (χ3n) is 3.72. The molecule has 21 heavy (non-hydrogen) atoms. The number of hydrogen-bond acceptors (Lipinski definition) is 4. The van der Waals surface area contributed by atoms with Gasteiger partial charge in [-0.25, -0.2) is 4.98 Å². The molecule has 0 bridgehead atoms. The highest BCUT2D eigenvalue weighted by molar-refractivity contribution is 7.18. The monoisotopic (exact) mass is 297 g/mol. The molecule has 4 heteroatoms. The van der Waals surface area contributed by atoms with Crippen molar-refractivity contribution in [3.63, 3.8) is 0 Å². The van der Waals surface area contributed by atoms with Crippen LogP contribution in [-0.2, 0) is 12.8 Å². The number of aryl methyl sites for hydroxylation is 1. The van der Waals surface area contributed by atoms with E-state index in [2.05, 4.69) is 59.8 Å². The average Bonchev–Trinajstić information content (AvgIpc) is 2.91. The summed E-state index contributed by atoms with van der Waals surface area (Å²) in [5.41, 5.74) is 6.65. The first kappa shape index (κ1) is 14.2. The Morgan fingerprint density at radius 3 is 2.62 bits per heavy atom. The molecule has 0 saturated heterocycles. The van der Waals surface area contributed by atoms with Crippen LogP contribution >= 0.6 is 11.3 Å². The number of benzene rings is 2. The molecule has 0 amide bonds. The molecule has 3 N–H and O–H groups in total. The summed E-state index contributed by atoms with van der Waals surface area (Å²) in [4.78, 5) is 4.69. The second kappa shape index (κ2) is 6.35. The summed E-state index contributed by atoms with van der Waals surface area (Å²) in [7, 11) is 0. The number of para-hydroxylation sites is 1. The van der Waals surface area contributed by atoms with Crippen molar-refractivity contribution in [2.75, 3.05) is 0 Å². The Labute approximate surface area is 128 Å². The maximum atomic E-state index is 5.74. The minimum atomic E-state index is 0.201. The van der Waals surface area contributed by atoms with Crippen LogP contribution in [0.4, 0.5) is 0 Å². The van der Waals surface area contributed by atoms with Crippen molar-refractivity contribution in [3.8, 4) is 0 Å². The summed E-state index contributed by atoms with van der Waals surface area (Å²) < 4.78 is 1.24. The fraction of sp³-hybridized carbons (Fsp3) is 0.235. The molecule has 2 aromatic carbocycles. The van der Waals surface area contributed by atoms with Crippen molar-refractivity contribution in [1.29, 1.82) is 0 Å². The van der Waals surface area contributed by atoms with Crippen molar-refractivity contribution in [1.82, 2.24) is 10.4 Å². The van der Waals surface area contributed by atoms with Crippen LogP contribution in [0.25, 0.3) is 10.2 Å². The highest BCUT2D eigenvalue weighted by atomic mass is 32.1. The lowest BCUT2D eigenvalue weighted by molar-refractivity contribution is 0.521. The van der Waals surface area contributed by atoms with Crippen LogP contribution in [0.3, 0.4) is 0 Å². The minimum Gasteiger partial charge on any atom is -0.271 e. The largest absolute Gasteiger partial charge is 0.271 e. The topological polar surface area (TPSA) is 50.9 Å². The van der Waals surface area contributed by atoms with E-state index in [1.54, 1.807) is 11.3 Å². The number of nitrogens with zero attached hydrogens (tertiary/aromatic N) is 1. The van der Waals surface area contributed by atoms with Gasteiger partial charge in [0.1, 0.15) is 0 Å². The Hall–Kier alpha value is -1.75. The molecule has 0 aliphatic carbocycles. The summed E-state index contributed by atoms with van der Waals surface area (Å²) >= 11 is 1.75. The molecule has 3 aromatic rings. The van der Waals surface area contributed by atoms with Gasteiger partial charge in [-0.2, -0.15) is 0 Å². The lowest BCUT2D eigenvalue weighted by Gasteiger charge is -2.15. The third-order valence-corrected chi connectivity index (χ3v) is 4.78. The first-order chi connectivity index (χ1) is 10.3. The Balaban J connectivity index is 1.76. The first-order valence-electron chi connectivity index (χ1n) is 7.11. The lowest BCUT2D eigenvalue weighted by atomic mass is 10.00. The minimum absolute atomic E-state index is 0.201. The Bertz CT molecular complexity index is 702. The van der Waals surface area contributed by atoms with Crippen LogP contribution in [0.1, 0.15) is 16.1 Å². The second-order valence-electron chi connectivity index (χ2n) is 5.27. The van der Waals surface area contributed by atoms with Crippen LogP contribution in [0.2, 0.25) is 0 Å². The number of hydrazine groups is 1. The predicted octanol–water partition coefficient (Wildman–Crippen LogP) is 3.22. The van der Waals surface area contributed by atoms with E-state index >= 15 is 0 Å². The summed E-state index contributed by atoms with van der Waals surface area (Å²) in [6, 6.07) is 16.9. The molecule has 1 unspecified atom stereocenters. The summed E-state index contributed by atoms with van der Waals surface area (Å²) in [6.45, 7) is 2.14. The second-order valence-corrected chi connectivity index (χ2v) is 6.39. The summed E-state index contributed by atoms with van der Waals surface area (Å²) in [6.07, 6.45) is 1.77. The van der Waals surface area contributed by atoms with E-state index in [0.717, 1.165) is 23.4 Å². The van der Waals surface area contributed by atoms with Crippen LogP contribution < -0.4 is 11.3 Å². The van der Waals surface area contributed by atoms with Crippen LogP contribution in [0, 0.1) is 6.92 Å². The molecule has 0 aliphatic heterocycles. The Kier molecular flexibility index (Phi) is 4.29. The average molecular weight is 297 g/mol. The molecule has 0 spiro atoms. The van der Waals surface area contributed by atoms with Gasteiger partial charge in [0.15, 0.2) is 0 Å². The zero-order valence-electron chi connectivity index (χ0n) is 12.0. The van der Waals surface area contributed by atoms with Crippen LogP contribution in [0.5, 0.6) is 0 Å². The van der Waals surface area contributed by atoms with Crippen molar-refractivity contribution in [3.05, 3.63) is 64.7 Å². The van der Waals surface area contributed by atoms with Gasteiger partial charge in [-0.05, 0) is 36.6 Å². The molecule has 1 heterocycles. The van der Waals surface area contributed by atoms with E-state index in [1.807, 2.05) is 6.07 Å². The van der Waals surface area contributed by atoms with Gasteiger partial charge in [0.2, 0.25) is 0 Å². The highest BCUT2D eigenvalue weighted by Gasteiger charge is 2.13. The third kappa shape index (κ3) is 3.29. The molecule has 1 aromatic heterocycles. The van der Waals surface area contributed by atoms with Gasteiger partial charge in [-0.1, -0.05) is 36.4 Å². The highest BCUT2D eigenvalue weighted by Crippen LogP contribution is 2.23. The first-order valence-corrected chi connectivity index (χ1v) is 7.93. The van der Waals surface area contributed by atoms with E-state index in [-0.39, 0.29) is 6.04 Å². The standard InChI is InChI=1S/C17H19N3S/c1-12-6-2-3-7-13(12)10-14(20-18)11-17-19-15-8-4-5-9-16(15)21-17/h2-9,14,20H,10-11,18H2,1H3. The number of nitrogens with two attached hydrogens (primary N) is 1. The number of thiazole rings is 1. The molecule has 108 valence electrons. The van der Waals surface area contributed by atoms with Crippen LogP contribution in [0.15, 0.2) is 48.5 Å². The smallest absolute Gasteiger partial charge is 0.0954 e. The number of fused-ring (bicyclic) bond motifs is 1. The number of nitrogens with one attached hydrogen (secondary N) is 1. The molecule has 1 atom stereocenters. The maximum Gasteiger partial charge on any atom is 0.0954 e. The molecule has 0 radical (unpaired) electrons. The van der Waals surface area contributed by atoms with Crippen molar-refractivity contribution in [2.24, 2.45) is 5.84 Å². The van der Waals surface area contributed by atoms with Crippen molar-refractivity contribution < 1.29 is 0 Å². The van der Waals surface area contributed by atoms with Crippen molar-refractivity contribution in [2.45, 2.75) is 25.8 Å². The fourth-order valence-electron chi connectivity index (χ4n) is 2.51. The molecule has 3 rings (SSSR count).